The van der Waals surface area contributed by atoms with Gasteiger partial charge in [0.1, 0.15) is 23.9 Å². The van der Waals surface area contributed by atoms with Crippen LogP contribution in [0.2, 0.25) is 0 Å². The molecule has 0 bridgehead atoms. The third kappa shape index (κ3) is 8.57. The van der Waals surface area contributed by atoms with E-state index in [1.807, 2.05) is 54.6 Å². The van der Waals surface area contributed by atoms with E-state index >= 15 is 0 Å². The van der Waals surface area contributed by atoms with Crippen molar-refractivity contribution in [1.29, 1.82) is 0 Å². The molecule has 0 saturated carbocycles. The number of carbonyl (C=O) groups is 3. The number of aliphatic hydroxyl groups is 1. The van der Waals surface area contributed by atoms with Gasteiger partial charge in [0.25, 0.3) is 0 Å². The molecule has 0 fully saturated rings. The van der Waals surface area contributed by atoms with E-state index in [1.54, 1.807) is 12.5 Å². The van der Waals surface area contributed by atoms with Crippen LogP contribution in [0.4, 0.5) is 4.39 Å². The minimum absolute atomic E-state index is 0.0152. The van der Waals surface area contributed by atoms with Crippen LogP contribution in [0.1, 0.15) is 16.7 Å². The lowest BCUT2D eigenvalue weighted by atomic mass is 10.0. The number of nitrogens with one attached hydrogen (secondary N) is 4. The Labute approximate surface area is 247 Å². The number of aromatic amines is 1. The van der Waals surface area contributed by atoms with Gasteiger partial charge in [-0.05, 0) is 41.3 Å². The van der Waals surface area contributed by atoms with Gasteiger partial charge in [0.15, 0.2) is 0 Å². The second kappa shape index (κ2) is 14.9. The number of rotatable bonds is 14. The van der Waals surface area contributed by atoms with Crippen LogP contribution in [-0.4, -0.2) is 64.9 Å². The molecule has 4 rings (SSSR count). The number of para-hydroxylation sites is 1. The normalized spacial score (nSPS) is 13.8. The van der Waals surface area contributed by atoms with Gasteiger partial charge in [-0.1, -0.05) is 60.7 Å². The Bertz CT molecular complexity index is 1540. The Balaban J connectivity index is 1.57. The van der Waals surface area contributed by atoms with E-state index in [4.69, 9.17) is 5.73 Å². The number of nitrogens with two attached hydrogens (primary N) is 1. The Morgan fingerprint density at radius 3 is 2.09 bits per heavy atom. The monoisotopic (exact) mass is 586 g/mol. The number of benzene rings is 3. The summed E-state index contributed by atoms with van der Waals surface area (Å²) < 4.78 is 13.6. The highest BCUT2D eigenvalue weighted by Gasteiger charge is 2.30. The van der Waals surface area contributed by atoms with Crippen molar-refractivity contribution >= 4 is 34.9 Å². The zero-order chi connectivity index (χ0) is 30.8. The van der Waals surface area contributed by atoms with Crippen molar-refractivity contribution in [2.45, 2.75) is 43.4 Å². The Hall–Kier alpha value is -4.87. The van der Waals surface area contributed by atoms with Crippen molar-refractivity contribution in [3.05, 3.63) is 108 Å². The van der Waals surface area contributed by atoms with Gasteiger partial charge in [0, 0.05) is 29.9 Å². The smallest absolute Gasteiger partial charge is 0.243 e. The number of hydrogen-bond donors (Lipinski definition) is 6. The molecule has 3 aromatic carbocycles. The van der Waals surface area contributed by atoms with Crippen LogP contribution in [0.5, 0.6) is 0 Å². The third-order valence-corrected chi connectivity index (χ3v) is 6.99. The number of hydrogen-bond acceptors (Lipinski definition) is 6. The molecule has 0 spiro atoms. The molecule has 3 amide bonds. The number of halogens is 1. The summed E-state index contributed by atoms with van der Waals surface area (Å²) in [7, 11) is 0. The van der Waals surface area contributed by atoms with E-state index in [0.717, 1.165) is 22.0 Å². The van der Waals surface area contributed by atoms with Gasteiger partial charge in [-0.2, -0.15) is 0 Å². The van der Waals surface area contributed by atoms with E-state index < -0.39 is 54.3 Å². The largest absolute Gasteiger partial charge is 0.394 e. The summed E-state index contributed by atoms with van der Waals surface area (Å²) >= 11 is 0. The summed E-state index contributed by atoms with van der Waals surface area (Å²) in [6.07, 6.45) is 3.51. The first-order chi connectivity index (χ1) is 20.8. The fourth-order valence-electron chi connectivity index (χ4n) is 4.69. The minimum atomic E-state index is -1.29. The molecule has 10 nitrogen and oxygen atoms in total. The van der Waals surface area contributed by atoms with Gasteiger partial charge >= 0.3 is 0 Å². The molecule has 0 saturated heterocycles. The molecule has 1 aromatic heterocycles. The van der Waals surface area contributed by atoms with Crippen molar-refractivity contribution < 1.29 is 28.7 Å². The first-order valence-corrected chi connectivity index (χ1v) is 13.8. The number of H-pyrrole nitrogens is 1. The quantitative estimate of drug-likeness (QED) is 0.130. The van der Waals surface area contributed by atoms with E-state index in [0.29, 0.717) is 5.56 Å². The van der Waals surface area contributed by atoms with Crippen molar-refractivity contribution in [2.75, 3.05) is 6.61 Å². The standard InChI is InChI=1S/C32H33FN5O5/c33-23-12-10-21(11-13-23)15-28(37-30(41)26(34)14-20-6-2-1-3-7-20)32(43)38-29(31(42)36-24(18-39)19-40)16-22-17-35-27-9-5-4-8-25(22)27/h1-13,17,24,26,28-29,35,39H,14-16,18,34H2,(H,36,42)(H,37,41)(H,38,43)/t24-,26+,28-,29+/m0/s1. The number of carbonyl (C=O) groups excluding carboxylic acids is 4. The second-order valence-corrected chi connectivity index (χ2v) is 10.2. The van der Waals surface area contributed by atoms with E-state index in [-0.39, 0.29) is 19.3 Å². The van der Waals surface area contributed by atoms with Crippen molar-refractivity contribution in [1.82, 2.24) is 20.9 Å². The molecule has 0 unspecified atom stereocenters. The molecule has 1 radical (unpaired) electrons. The zero-order valence-corrected chi connectivity index (χ0v) is 23.3. The second-order valence-electron chi connectivity index (χ2n) is 10.2. The fraction of sp³-hybridized carbons (Fsp3) is 0.250. The number of aliphatic hydroxyl groups excluding tert-OH is 1. The van der Waals surface area contributed by atoms with E-state index in [2.05, 4.69) is 20.9 Å². The van der Waals surface area contributed by atoms with E-state index in [1.165, 1.54) is 24.3 Å². The molecular formula is C32H33FN5O5. The van der Waals surface area contributed by atoms with Gasteiger partial charge in [0.05, 0.1) is 12.6 Å². The topological polar surface area (TPSA) is 166 Å². The summed E-state index contributed by atoms with van der Waals surface area (Å²) in [5, 5.41) is 18.0. The Kier molecular flexibility index (Phi) is 10.7. The molecule has 1 heterocycles. The van der Waals surface area contributed by atoms with Gasteiger partial charge in [-0.3, -0.25) is 19.2 Å². The summed E-state index contributed by atoms with van der Waals surface area (Å²) in [4.78, 5) is 54.4. The average Bonchev–Trinajstić information content (AvgIpc) is 3.43. The maximum absolute atomic E-state index is 13.7. The maximum Gasteiger partial charge on any atom is 0.243 e. The zero-order valence-electron chi connectivity index (χ0n) is 23.3. The third-order valence-electron chi connectivity index (χ3n) is 6.99. The van der Waals surface area contributed by atoms with Crippen molar-refractivity contribution in [3.63, 3.8) is 0 Å². The molecule has 7 N–H and O–H groups in total. The predicted molar refractivity (Wildman–Crippen MR) is 159 cm³/mol. The summed E-state index contributed by atoms with van der Waals surface area (Å²) in [5.41, 5.74) is 9.11. The van der Waals surface area contributed by atoms with Crippen LogP contribution in [0.15, 0.2) is 85.1 Å². The highest BCUT2D eigenvalue weighted by molar-refractivity contribution is 5.94. The van der Waals surface area contributed by atoms with Crippen LogP contribution in [-0.2, 0) is 38.4 Å². The molecular weight excluding hydrogens is 553 g/mol. The number of aromatic nitrogens is 1. The summed E-state index contributed by atoms with van der Waals surface area (Å²) in [6.45, 7) is -0.675. The number of amides is 3. The lowest BCUT2D eigenvalue weighted by molar-refractivity contribution is -0.132. The lowest BCUT2D eigenvalue weighted by Gasteiger charge is -2.25. The summed E-state index contributed by atoms with van der Waals surface area (Å²) in [6, 6.07) is 17.4. The van der Waals surface area contributed by atoms with Crippen molar-refractivity contribution in [2.24, 2.45) is 5.73 Å². The average molecular weight is 587 g/mol. The van der Waals surface area contributed by atoms with Gasteiger partial charge in [-0.25, -0.2) is 4.39 Å². The Morgan fingerprint density at radius 2 is 1.40 bits per heavy atom. The minimum Gasteiger partial charge on any atom is -0.394 e. The molecule has 0 aliphatic carbocycles. The highest BCUT2D eigenvalue weighted by atomic mass is 19.1. The maximum atomic E-state index is 13.7. The molecule has 223 valence electrons. The molecule has 0 aliphatic heterocycles. The molecule has 4 aromatic rings. The van der Waals surface area contributed by atoms with Crippen LogP contribution >= 0.6 is 0 Å². The molecule has 4 atom stereocenters. The van der Waals surface area contributed by atoms with Gasteiger partial charge in [-0.15, -0.1) is 0 Å². The predicted octanol–water partition coefficient (Wildman–Crippen LogP) is 1.22. The lowest BCUT2D eigenvalue weighted by Crippen LogP contribution is -2.58. The molecule has 11 heteroatoms. The first-order valence-electron chi connectivity index (χ1n) is 13.8. The Morgan fingerprint density at radius 1 is 0.791 bits per heavy atom. The number of fused-ring (bicyclic) bond motifs is 1. The van der Waals surface area contributed by atoms with Crippen LogP contribution < -0.4 is 21.7 Å². The first kappa shape index (κ1) is 31.1. The van der Waals surface area contributed by atoms with Crippen LogP contribution in [0, 0.1) is 5.82 Å². The van der Waals surface area contributed by atoms with Crippen LogP contribution in [0.3, 0.4) is 0 Å². The summed E-state index contributed by atoms with van der Waals surface area (Å²) in [5.74, 6) is -2.46. The highest BCUT2D eigenvalue weighted by Crippen LogP contribution is 2.19. The van der Waals surface area contributed by atoms with Gasteiger partial charge < -0.3 is 31.8 Å². The van der Waals surface area contributed by atoms with Crippen LogP contribution in [0.25, 0.3) is 10.9 Å². The molecule has 0 aliphatic rings. The molecule has 43 heavy (non-hydrogen) atoms. The van der Waals surface area contributed by atoms with Crippen molar-refractivity contribution in [3.8, 4) is 0 Å². The fourth-order valence-corrected chi connectivity index (χ4v) is 4.69. The van der Waals surface area contributed by atoms with E-state index in [9.17, 15) is 28.7 Å². The van der Waals surface area contributed by atoms with Gasteiger partial charge in [0.2, 0.25) is 24.0 Å². The SMILES string of the molecule is N[C@H](Cc1ccccc1)C(=O)N[C@@H](Cc1ccc(F)cc1)C(=O)N[C@H](Cc1c[nH]c2ccccc12)C(=O)N[C@H]([C]=O)CO.